The molecule has 0 aromatic rings. The van der Waals surface area contributed by atoms with Crippen molar-refractivity contribution >= 4 is 12.2 Å². The average Bonchev–Trinajstić information content (AvgIpc) is 2.92. The molecule has 2 aliphatic heterocycles. The van der Waals surface area contributed by atoms with E-state index in [0.717, 1.165) is 32.2 Å². The van der Waals surface area contributed by atoms with Crippen LogP contribution in [-0.4, -0.2) is 47.9 Å². The molecule has 20 heavy (non-hydrogen) atoms. The van der Waals surface area contributed by atoms with E-state index in [9.17, 15) is 9.59 Å². The van der Waals surface area contributed by atoms with Gasteiger partial charge in [-0.1, -0.05) is 0 Å². The fraction of sp³-hybridized carbons (Fsp3) is 0.857. The Morgan fingerprint density at radius 1 is 1.45 bits per heavy atom. The van der Waals surface area contributed by atoms with Gasteiger partial charge in [0.15, 0.2) is 0 Å². The van der Waals surface area contributed by atoms with Crippen molar-refractivity contribution < 1.29 is 19.1 Å². The van der Waals surface area contributed by atoms with Crippen LogP contribution in [0, 0.1) is 0 Å². The zero-order chi connectivity index (χ0) is 14.8. The number of likely N-dealkylation sites (tertiary alicyclic amines) is 1. The van der Waals surface area contributed by atoms with Crippen LogP contribution >= 0.6 is 0 Å². The summed E-state index contributed by atoms with van der Waals surface area (Å²) in [6, 6.07) is 0.283. The van der Waals surface area contributed by atoms with Crippen LogP contribution in [0.5, 0.6) is 0 Å². The molecule has 0 bridgehead atoms. The minimum Gasteiger partial charge on any atom is -0.447 e. The van der Waals surface area contributed by atoms with Gasteiger partial charge in [0.25, 0.3) is 0 Å². The van der Waals surface area contributed by atoms with Crippen molar-refractivity contribution in [1.82, 2.24) is 10.2 Å². The topological polar surface area (TPSA) is 67.9 Å². The van der Waals surface area contributed by atoms with E-state index in [2.05, 4.69) is 5.32 Å². The fourth-order valence-corrected chi connectivity index (χ4v) is 2.67. The molecule has 2 fully saturated rings. The molecule has 2 amide bonds. The lowest BCUT2D eigenvalue weighted by Crippen LogP contribution is -2.40. The summed E-state index contributed by atoms with van der Waals surface area (Å²) in [4.78, 5) is 24.9. The predicted molar refractivity (Wildman–Crippen MR) is 73.5 cm³/mol. The first-order chi connectivity index (χ1) is 9.35. The molecule has 2 saturated heterocycles. The molecule has 0 aromatic heterocycles. The summed E-state index contributed by atoms with van der Waals surface area (Å²) in [7, 11) is 0. The smallest absolute Gasteiger partial charge is 0.410 e. The van der Waals surface area contributed by atoms with Crippen LogP contribution in [0.15, 0.2) is 0 Å². The third-order valence-electron chi connectivity index (χ3n) is 3.59. The molecule has 2 rings (SSSR count). The van der Waals surface area contributed by atoms with Crippen molar-refractivity contribution in [3.8, 4) is 0 Å². The first-order valence-electron chi connectivity index (χ1n) is 7.28. The van der Waals surface area contributed by atoms with Crippen molar-refractivity contribution in [3.63, 3.8) is 0 Å². The highest BCUT2D eigenvalue weighted by molar-refractivity contribution is 5.69. The second-order valence-corrected chi connectivity index (χ2v) is 6.49. The van der Waals surface area contributed by atoms with Crippen LogP contribution in [0.3, 0.4) is 0 Å². The summed E-state index contributed by atoms with van der Waals surface area (Å²) < 4.78 is 10.3. The number of hydrogen-bond acceptors (Lipinski definition) is 4. The Morgan fingerprint density at radius 3 is 2.80 bits per heavy atom. The van der Waals surface area contributed by atoms with Crippen molar-refractivity contribution in [2.75, 3.05) is 13.2 Å². The Kier molecular flexibility index (Phi) is 4.40. The summed E-state index contributed by atoms with van der Waals surface area (Å²) in [5, 5.41) is 2.76. The molecule has 2 heterocycles. The summed E-state index contributed by atoms with van der Waals surface area (Å²) in [5.41, 5.74) is -0.461. The number of carbonyl (C=O) groups excluding carboxylic acids is 2. The zero-order valence-electron chi connectivity index (χ0n) is 12.5. The molecular weight excluding hydrogens is 260 g/mol. The monoisotopic (exact) mass is 284 g/mol. The molecule has 2 atom stereocenters. The maximum atomic E-state index is 12.1. The Bertz CT molecular complexity index is 378. The summed E-state index contributed by atoms with van der Waals surface area (Å²) in [5.74, 6) is 0. The Labute approximate surface area is 119 Å². The molecule has 0 aromatic carbocycles. The van der Waals surface area contributed by atoms with Crippen molar-refractivity contribution in [2.24, 2.45) is 0 Å². The molecule has 2 aliphatic rings. The Balaban J connectivity index is 1.81. The normalized spacial score (nSPS) is 26.4. The molecule has 114 valence electrons. The lowest BCUT2D eigenvalue weighted by molar-refractivity contribution is 0.0217. The average molecular weight is 284 g/mol. The molecule has 0 saturated carbocycles. The van der Waals surface area contributed by atoms with Crippen LogP contribution in [0.1, 0.15) is 46.5 Å². The first kappa shape index (κ1) is 14.9. The highest BCUT2D eigenvalue weighted by atomic mass is 16.6. The number of ether oxygens (including phenoxy) is 2. The van der Waals surface area contributed by atoms with Gasteiger partial charge in [0.2, 0.25) is 0 Å². The lowest BCUT2D eigenvalue weighted by Gasteiger charge is -2.29. The minimum absolute atomic E-state index is 0.0728. The van der Waals surface area contributed by atoms with E-state index in [0.29, 0.717) is 6.61 Å². The van der Waals surface area contributed by atoms with Gasteiger partial charge in [0, 0.05) is 12.6 Å². The maximum absolute atomic E-state index is 12.1. The van der Waals surface area contributed by atoms with E-state index < -0.39 is 5.60 Å². The lowest BCUT2D eigenvalue weighted by atomic mass is 10.1. The summed E-state index contributed by atoms with van der Waals surface area (Å²) >= 11 is 0. The number of amides is 2. The highest BCUT2D eigenvalue weighted by Crippen LogP contribution is 2.24. The SMILES string of the molecule is CC(C)(C)OC(=O)N1CCC[C@H]1CC[C@H]1COC(=O)N1. The highest BCUT2D eigenvalue weighted by Gasteiger charge is 2.33. The van der Waals surface area contributed by atoms with Crippen LogP contribution in [0.25, 0.3) is 0 Å². The van der Waals surface area contributed by atoms with E-state index in [1.165, 1.54) is 0 Å². The molecule has 0 radical (unpaired) electrons. The van der Waals surface area contributed by atoms with Crippen molar-refractivity contribution in [3.05, 3.63) is 0 Å². The van der Waals surface area contributed by atoms with E-state index in [-0.39, 0.29) is 24.3 Å². The van der Waals surface area contributed by atoms with E-state index in [1.54, 1.807) is 0 Å². The number of alkyl carbamates (subject to hydrolysis) is 1. The standard InChI is InChI=1S/C14H24N2O4/c1-14(2,3)20-13(18)16-8-4-5-11(16)7-6-10-9-19-12(17)15-10/h10-11H,4-9H2,1-3H3,(H,15,17)/t10-,11-/m0/s1. The van der Waals surface area contributed by atoms with Gasteiger partial charge in [0.1, 0.15) is 12.2 Å². The number of carbonyl (C=O) groups is 2. The molecule has 1 N–H and O–H groups in total. The van der Waals surface area contributed by atoms with Crippen LogP contribution in [0.4, 0.5) is 9.59 Å². The van der Waals surface area contributed by atoms with Gasteiger partial charge in [-0.25, -0.2) is 9.59 Å². The molecule has 0 spiro atoms. The third kappa shape index (κ3) is 4.02. The predicted octanol–water partition coefficient (Wildman–Crippen LogP) is 2.27. The maximum Gasteiger partial charge on any atom is 0.410 e. The molecule has 6 nitrogen and oxygen atoms in total. The zero-order valence-corrected chi connectivity index (χ0v) is 12.5. The number of cyclic esters (lactones) is 1. The van der Waals surface area contributed by atoms with Gasteiger partial charge in [-0.15, -0.1) is 0 Å². The second-order valence-electron chi connectivity index (χ2n) is 6.49. The fourth-order valence-electron chi connectivity index (χ4n) is 2.67. The van der Waals surface area contributed by atoms with Gasteiger partial charge in [-0.3, -0.25) is 0 Å². The quantitative estimate of drug-likeness (QED) is 0.863. The van der Waals surface area contributed by atoms with Gasteiger partial charge in [-0.05, 0) is 46.5 Å². The van der Waals surface area contributed by atoms with E-state index in [4.69, 9.17) is 9.47 Å². The minimum atomic E-state index is -0.461. The third-order valence-corrected chi connectivity index (χ3v) is 3.59. The number of nitrogens with one attached hydrogen (secondary N) is 1. The largest absolute Gasteiger partial charge is 0.447 e. The van der Waals surface area contributed by atoms with Crippen LogP contribution in [-0.2, 0) is 9.47 Å². The number of hydrogen-bond donors (Lipinski definition) is 1. The molecular formula is C14H24N2O4. The van der Waals surface area contributed by atoms with Gasteiger partial charge < -0.3 is 19.7 Å². The molecule has 0 unspecified atom stereocenters. The number of nitrogens with zero attached hydrogens (tertiary/aromatic N) is 1. The second kappa shape index (κ2) is 5.89. The van der Waals surface area contributed by atoms with Crippen LogP contribution < -0.4 is 5.32 Å². The molecule has 0 aliphatic carbocycles. The molecule has 6 heteroatoms. The van der Waals surface area contributed by atoms with Crippen LogP contribution in [0.2, 0.25) is 0 Å². The van der Waals surface area contributed by atoms with Gasteiger partial charge in [0.05, 0.1) is 6.04 Å². The summed E-state index contributed by atoms with van der Waals surface area (Å²) in [6.45, 7) is 6.81. The Hall–Kier alpha value is -1.46. The summed E-state index contributed by atoms with van der Waals surface area (Å²) in [6.07, 6.45) is 3.14. The number of rotatable bonds is 3. The van der Waals surface area contributed by atoms with E-state index in [1.807, 2.05) is 25.7 Å². The van der Waals surface area contributed by atoms with Crippen molar-refractivity contribution in [2.45, 2.75) is 64.1 Å². The van der Waals surface area contributed by atoms with Crippen molar-refractivity contribution in [1.29, 1.82) is 0 Å². The first-order valence-corrected chi connectivity index (χ1v) is 7.28. The Morgan fingerprint density at radius 2 is 2.20 bits per heavy atom. The van der Waals surface area contributed by atoms with E-state index >= 15 is 0 Å². The van der Waals surface area contributed by atoms with Gasteiger partial charge in [-0.2, -0.15) is 0 Å². The van der Waals surface area contributed by atoms with Gasteiger partial charge >= 0.3 is 12.2 Å².